The van der Waals surface area contributed by atoms with Gasteiger partial charge in [-0.1, -0.05) is 49.7 Å². The molecule has 30 heavy (non-hydrogen) atoms. The van der Waals surface area contributed by atoms with Gasteiger partial charge >= 0.3 is 0 Å². The number of morpholine rings is 1. The Hall–Kier alpha value is -1.59. The summed E-state index contributed by atoms with van der Waals surface area (Å²) in [6, 6.07) is 15.9. The second kappa shape index (κ2) is 10.6. The molecule has 164 valence electrons. The van der Waals surface area contributed by atoms with Crippen LogP contribution in [0.2, 0.25) is 5.02 Å². The highest BCUT2D eigenvalue weighted by atomic mass is 35.5. The highest BCUT2D eigenvalue weighted by molar-refractivity contribution is 6.30. The van der Waals surface area contributed by atoms with Crippen LogP contribution >= 0.6 is 11.6 Å². The SMILES string of the molecule is CCOc1ccc(C(O)(CC(C)C)C(CN2CCOCC2)c2ccc(Cl)cc2)cc1. The van der Waals surface area contributed by atoms with E-state index in [-0.39, 0.29) is 5.92 Å². The lowest BCUT2D eigenvalue weighted by molar-refractivity contribution is -0.0356. The van der Waals surface area contributed by atoms with Gasteiger partial charge in [0.1, 0.15) is 5.75 Å². The van der Waals surface area contributed by atoms with Gasteiger partial charge in [-0.2, -0.15) is 0 Å². The molecule has 1 aliphatic rings. The Balaban J connectivity index is 2.01. The van der Waals surface area contributed by atoms with Crippen molar-refractivity contribution in [2.75, 3.05) is 39.5 Å². The van der Waals surface area contributed by atoms with Crippen LogP contribution in [-0.4, -0.2) is 49.5 Å². The van der Waals surface area contributed by atoms with Crippen LogP contribution in [0, 0.1) is 5.92 Å². The maximum atomic E-state index is 12.3. The number of rotatable bonds is 9. The summed E-state index contributed by atoms with van der Waals surface area (Å²) in [5.41, 5.74) is 1.01. The Morgan fingerprint density at radius 2 is 1.70 bits per heavy atom. The van der Waals surface area contributed by atoms with Crippen LogP contribution in [0.1, 0.15) is 44.2 Å². The van der Waals surface area contributed by atoms with E-state index in [1.807, 2.05) is 55.5 Å². The van der Waals surface area contributed by atoms with Crippen molar-refractivity contribution in [3.63, 3.8) is 0 Å². The summed E-state index contributed by atoms with van der Waals surface area (Å²) in [5, 5.41) is 13.0. The third-order valence-electron chi connectivity index (χ3n) is 5.78. The molecule has 1 fully saturated rings. The fourth-order valence-corrected chi connectivity index (χ4v) is 4.49. The molecular weight excluding hydrogens is 398 g/mol. The molecule has 0 saturated carbocycles. The van der Waals surface area contributed by atoms with Gasteiger partial charge < -0.3 is 14.6 Å². The van der Waals surface area contributed by atoms with Gasteiger partial charge in [0.2, 0.25) is 0 Å². The van der Waals surface area contributed by atoms with Crippen molar-refractivity contribution in [2.24, 2.45) is 5.92 Å². The topological polar surface area (TPSA) is 41.9 Å². The average Bonchev–Trinajstić information content (AvgIpc) is 2.74. The quantitative estimate of drug-likeness (QED) is 0.600. The Bertz CT molecular complexity index is 772. The highest BCUT2D eigenvalue weighted by Crippen LogP contribution is 2.43. The molecule has 4 nitrogen and oxygen atoms in total. The molecule has 1 N–H and O–H groups in total. The van der Waals surface area contributed by atoms with E-state index in [9.17, 15) is 5.11 Å². The highest BCUT2D eigenvalue weighted by Gasteiger charge is 2.41. The van der Waals surface area contributed by atoms with E-state index < -0.39 is 5.60 Å². The predicted octanol–water partition coefficient (Wildman–Crippen LogP) is 5.09. The molecule has 5 heteroatoms. The van der Waals surface area contributed by atoms with Gasteiger partial charge in [0.05, 0.1) is 25.4 Å². The molecule has 2 aromatic carbocycles. The third kappa shape index (κ3) is 5.76. The zero-order valence-electron chi connectivity index (χ0n) is 18.3. The molecule has 3 rings (SSSR count). The van der Waals surface area contributed by atoms with Crippen molar-refractivity contribution in [3.05, 3.63) is 64.7 Å². The Labute approximate surface area is 185 Å². The minimum atomic E-state index is -1.01. The lowest BCUT2D eigenvalue weighted by atomic mass is 9.72. The molecule has 2 atom stereocenters. The Morgan fingerprint density at radius 1 is 1.07 bits per heavy atom. The van der Waals surface area contributed by atoms with Gasteiger partial charge in [-0.15, -0.1) is 0 Å². The summed E-state index contributed by atoms with van der Waals surface area (Å²) >= 11 is 6.17. The first kappa shape index (κ1) is 23.1. The normalized spacial score (nSPS) is 18.2. The number of nitrogens with zero attached hydrogens (tertiary/aromatic N) is 1. The monoisotopic (exact) mass is 431 g/mol. The second-order valence-electron chi connectivity index (χ2n) is 8.50. The summed E-state index contributed by atoms with van der Waals surface area (Å²) in [5.74, 6) is 1.07. The van der Waals surface area contributed by atoms with Crippen LogP contribution in [0.3, 0.4) is 0 Å². The summed E-state index contributed by atoms with van der Waals surface area (Å²) in [6.07, 6.45) is 0.665. The molecule has 0 spiro atoms. The van der Waals surface area contributed by atoms with Crippen molar-refractivity contribution < 1.29 is 14.6 Å². The molecule has 1 aliphatic heterocycles. The van der Waals surface area contributed by atoms with Gasteiger partial charge in [0.15, 0.2) is 0 Å². The lowest BCUT2D eigenvalue weighted by Gasteiger charge is -2.42. The second-order valence-corrected chi connectivity index (χ2v) is 8.93. The molecule has 2 aromatic rings. The van der Waals surface area contributed by atoms with Gasteiger partial charge in [-0.25, -0.2) is 0 Å². The first-order valence-electron chi connectivity index (χ1n) is 10.9. The largest absolute Gasteiger partial charge is 0.494 e. The van der Waals surface area contributed by atoms with E-state index in [0.29, 0.717) is 24.0 Å². The van der Waals surface area contributed by atoms with Crippen LogP contribution in [0.5, 0.6) is 5.75 Å². The van der Waals surface area contributed by atoms with Crippen molar-refractivity contribution in [1.82, 2.24) is 4.90 Å². The lowest BCUT2D eigenvalue weighted by Crippen LogP contribution is -2.45. The molecule has 1 saturated heterocycles. The van der Waals surface area contributed by atoms with Gasteiger partial charge in [-0.3, -0.25) is 4.90 Å². The van der Waals surface area contributed by atoms with Gasteiger partial charge in [0.25, 0.3) is 0 Å². The van der Waals surface area contributed by atoms with Crippen LogP contribution in [0.4, 0.5) is 0 Å². The van der Waals surface area contributed by atoms with Crippen molar-refractivity contribution in [1.29, 1.82) is 0 Å². The zero-order valence-corrected chi connectivity index (χ0v) is 19.1. The summed E-state index contributed by atoms with van der Waals surface area (Å²) < 4.78 is 11.2. The van der Waals surface area contributed by atoms with E-state index in [2.05, 4.69) is 18.7 Å². The summed E-state index contributed by atoms with van der Waals surface area (Å²) in [4.78, 5) is 2.39. The summed E-state index contributed by atoms with van der Waals surface area (Å²) in [7, 11) is 0. The van der Waals surface area contributed by atoms with Crippen molar-refractivity contribution in [2.45, 2.75) is 38.7 Å². The standard InChI is InChI=1S/C25H34ClNO3/c1-4-30-23-11-7-21(8-12-23)25(28,17-19(2)3)24(18-27-13-15-29-16-14-27)20-5-9-22(26)10-6-20/h5-12,19,24,28H,4,13-18H2,1-3H3. The minimum Gasteiger partial charge on any atom is -0.494 e. The van der Waals surface area contributed by atoms with Crippen LogP contribution in [0.15, 0.2) is 48.5 Å². The van der Waals surface area contributed by atoms with E-state index >= 15 is 0 Å². The first-order valence-corrected chi connectivity index (χ1v) is 11.3. The number of ether oxygens (including phenoxy) is 2. The van der Waals surface area contributed by atoms with E-state index in [4.69, 9.17) is 21.1 Å². The van der Waals surface area contributed by atoms with Gasteiger partial charge in [-0.05, 0) is 54.7 Å². The fourth-order valence-electron chi connectivity index (χ4n) is 4.36. The summed E-state index contributed by atoms with van der Waals surface area (Å²) in [6.45, 7) is 10.9. The number of benzene rings is 2. The van der Waals surface area contributed by atoms with Crippen LogP contribution in [0.25, 0.3) is 0 Å². The number of hydrogen-bond donors (Lipinski definition) is 1. The minimum absolute atomic E-state index is 0.0896. The molecule has 0 bridgehead atoms. The molecule has 0 aliphatic carbocycles. The first-order chi connectivity index (χ1) is 14.4. The maximum absolute atomic E-state index is 12.3. The van der Waals surface area contributed by atoms with E-state index in [1.54, 1.807) is 0 Å². The van der Waals surface area contributed by atoms with Crippen molar-refractivity contribution >= 4 is 11.6 Å². The third-order valence-corrected chi connectivity index (χ3v) is 6.03. The predicted molar refractivity (Wildman–Crippen MR) is 122 cm³/mol. The van der Waals surface area contributed by atoms with Crippen LogP contribution < -0.4 is 4.74 Å². The van der Waals surface area contributed by atoms with E-state index in [0.717, 1.165) is 49.7 Å². The zero-order chi connectivity index (χ0) is 21.6. The fraction of sp³-hybridized carbons (Fsp3) is 0.520. The van der Waals surface area contributed by atoms with Crippen molar-refractivity contribution in [3.8, 4) is 5.75 Å². The smallest absolute Gasteiger partial charge is 0.119 e. The molecule has 0 radical (unpaired) electrons. The Kier molecular flexibility index (Phi) is 8.18. The van der Waals surface area contributed by atoms with Gasteiger partial charge in [0, 0.05) is 30.6 Å². The Morgan fingerprint density at radius 3 is 2.27 bits per heavy atom. The molecule has 0 aromatic heterocycles. The average molecular weight is 432 g/mol. The number of hydrogen-bond acceptors (Lipinski definition) is 4. The van der Waals surface area contributed by atoms with Crippen LogP contribution in [-0.2, 0) is 10.3 Å². The molecule has 1 heterocycles. The maximum Gasteiger partial charge on any atom is 0.119 e. The molecule has 0 amide bonds. The molecule has 2 unspecified atom stereocenters. The molecular formula is C25H34ClNO3. The number of aliphatic hydroxyl groups is 1. The number of halogens is 1. The van der Waals surface area contributed by atoms with E-state index in [1.165, 1.54) is 0 Å².